The number of hydrogen-bond acceptors (Lipinski definition) is 5. The van der Waals surface area contributed by atoms with Crippen LogP contribution in [0.15, 0.2) is 199 Å². The number of para-hydroxylation sites is 5. The fraction of sp³-hybridized carbons (Fsp3) is 0. The molecule has 2 aliphatic heterocycles. The molecule has 2 aliphatic rings. The maximum Gasteiger partial charge on any atom is 0.297 e. The Hall–Kier alpha value is -7.02. The molecule has 2 aromatic heterocycles. The molecular weight excluding hydrogens is 701 g/mol. The first-order chi connectivity index (χ1) is 27.8. The van der Waals surface area contributed by atoms with Gasteiger partial charge in [0.2, 0.25) is 0 Å². The van der Waals surface area contributed by atoms with Crippen molar-refractivity contribution >= 4 is 117 Å². The molecule has 4 nitrogen and oxygen atoms in total. The molecule has 6 heteroatoms. The Morgan fingerprint density at radius 1 is 0.464 bits per heavy atom. The smallest absolute Gasteiger partial charge is 0.297 e. The highest BCUT2D eigenvalue weighted by molar-refractivity contribution is 7.26. The minimum atomic E-state index is -0.150. The highest BCUT2D eigenvalue weighted by Crippen LogP contribution is 2.52. The van der Waals surface area contributed by atoms with Gasteiger partial charge in [-0.05, 0) is 89.8 Å². The fourth-order valence-corrected chi connectivity index (χ4v) is 10.3. The van der Waals surface area contributed by atoms with E-state index in [2.05, 4.69) is 209 Å². The van der Waals surface area contributed by atoms with Gasteiger partial charge in [0, 0.05) is 55.0 Å². The van der Waals surface area contributed by atoms with Crippen molar-refractivity contribution in [3.05, 3.63) is 194 Å². The molecule has 10 aromatic rings. The van der Waals surface area contributed by atoms with Crippen molar-refractivity contribution in [2.75, 3.05) is 14.7 Å². The number of thiophene rings is 1. The van der Waals surface area contributed by atoms with Crippen LogP contribution in [0.3, 0.4) is 0 Å². The molecule has 56 heavy (non-hydrogen) atoms. The van der Waals surface area contributed by atoms with Crippen LogP contribution in [0.5, 0.6) is 0 Å². The van der Waals surface area contributed by atoms with Crippen LogP contribution >= 0.6 is 11.3 Å². The van der Waals surface area contributed by atoms with E-state index in [1.165, 1.54) is 36.8 Å². The zero-order valence-corrected chi connectivity index (χ0v) is 31.0. The summed E-state index contributed by atoms with van der Waals surface area (Å²) in [5.74, 6) is 0. The first-order valence-electron chi connectivity index (χ1n) is 19.1. The van der Waals surface area contributed by atoms with Gasteiger partial charge in [-0.3, -0.25) is 0 Å². The number of anilines is 9. The first-order valence-corrected chi connectivity index (χ1v) is 19.9. The van der Waals surface area contributed by atoms with Gasteiger partial charge in [0.05, 0.1) is 27.4 Å². The molecule has 0 radical (unpaired) electrons. The fourth-order valence-electron chi connectivity index (χ4n) is 9.09. The predicted octanol–water partition coefficient (Wildman–Crippen LogP) is 12.4. The monoisotopic (exact) mass is 733 g/mol. The standard InChI is InChI=1S/C50H32BN3OS/c1-5-17-33(18-6-1)52(34-19-7-2-8-20-34)37-31-42-46-43(32-37)54(36-23-11-4-12-24-36)48-41(30-29-39-38-25-14-16-28-45(38)56-49(39)48)51(46)50-47(40-26-13-15-27-44(40)55-50)53(42)35-21-9-3-10-22-35/h1-32H. The van der Waals surface area contributed by atoms with E-state index >= 15 is 0 Å². The molecule has 0 bridgehead atoms. The zero-order valence-electron chi connectivity index (χ0n) is 30.2. The number of fused-ring (bicyclic) bond motifs is 10. The second kappa shape index (κ2) is 12.3. The van der Waals surface area contributed by atoms with Crippen LogP contribution in [0.25, 0.3) is 31.1 Å². The summed E-state index contributed by atoms with van der Waals surface area (Å²) < 4.78 is 9.67. The second-order valence-corrected chi connectivity index (χ2v) is 15.5. The number of nitrogens with zero attached hydrogens (tertiary/aromatic N) is 3. The van der Waals surface area contributed by atoms with Gasteiger partial charge in [-0.1, -0.05) is 115 Å². The summed E-state index contributed by atoms with van der Waals surface area (Å²) in [5.41, 5.74) is 14.3. The minimum Gasteiger partial charge on any atom is -0.468 e. The number of rotatable bonds is 5. The van der Waals surface area contributed by atoms with E-state index in [0.29, 0.717) is 0 Å². The summed E-state index contributed by atoms with van der Waals surface area (Å²) in [4.78, 5) is 7.35. The molecule has 4 heterocycles. The molecule has 0 fully saturated rings. The van der Waals surface area contributed by atoms with E-state index in [0.717, 1.165) is 62.1 Å². The SMILES string of the molecule is c1ccc(N(c2ccccc2)c2cc3c4c(c2)N(c2ccccc2)c2c(ccc5c2sc2ccccc25)B4c2oc4ccccc4c2N3c2ccccc2)cc1. The van der Waals surface area contributed by atoms with E-state index in [-0.39, 0.29) is 6.71 Å². The van der Waals surface area contributed by atoms with Crippen molar-refractivity contribution in [1.29, 1.82) is 0 Å². The van der Waals surface area contributed by atoms with Crippen molar-refractivity contribution in [3.8, 4) is 0 Å². The van der Waals surface area contributed by atoms with Gasteiger partial charge in [0.25, 0.3) is 6.71 Å². The average molecular weight is 734 g/mol. The van der Waals surface area contributed by atoms with Crippen LogP contribution in [0, 0.1) is 0 Å². The van der Waals surface area contributed by atoms with E-state index in [4.69, 9.17) is 4.42 Å². The van der Waals surface area contributed by atoms with Crippen LogP contribution in [-0.4, -0.2) is 6.71 Å². The molecule has 0 atom stereocenters. The maximum atomic E-state index is 7.11. The highest BCUT2D eigenvalue weighted by atomic mass is 32.1. The molecule has 0 unspecified atom stereocenters. The van der Waals surface area contributed by atoms with Crippen LogP contribution in [-0.2, 0) is 0 Å². The third-order valence-electron chi connectivity index (χ3n) is 11.4. The summed E-state index contributed by atoms with van der Waals surface area (Å²) in [6.07, 6.45) is 0. The predicted molar refractivity (Wildman–Crippen MR) is 238 cm³/mol. The lowest BCUT2D eigenvalue weighted by molar-refractivity contribution is 0.651. The molecular formula is C50H32BN3OS. The van der Waals surface area contributed by atoms with E-state index < -0.39 is 0 Å². The molecule has 0 saturated heterocycles. The molecule has 0 saturated carbocycles. The van der Waals surface area contributed by atoms with Crippen molar-refractivity contribution in [2.45, 2.75) is 0 Å². The number of hydrogen-bond donors (Lipinski definition) is 0. The van der Waals surface area contributed by atoms with Crippen LogP contribution < -0.4 is 31.3 Å². The Morgan fingerprint density at radius 2 is 1.00 bits per heavy atom. The summed E-state index contributed by atoms with van der Waals surface area (Å²) in [7, 11) is 0. The van der Waals surface area contributed by atoms with Gasteiger partial charge in [-0.15, -0.1) is 11.3 Å². The topological polar surface area (TPSA) is 22.9 Å². The molecule has 0 spiro atoms. The van der Waals surface area contributed by atoms with Gasteiger partial charge in [-0.25, -0.2) is 0 Å². The third kappa shape index (κ3) is 4.54. The molecule has 262 valence electrons. The summed E-state index contributed by atoms with van der Waals surface area (Å²) in [5, 5.41) is 3.65. The van der Waals surface area contributed by atoms with Crippen molar-refractivity contribution in [3.63, 3.8) is 0 Å². The van der Waals surface area contributed by atoms with Gasteiger partial charge in [-0.2, -0.15) is 0 Å². The van der Waals surface area contributed by atoms with E-state index in [1.807, 2.05) is 11.3 Å². The molecule has 8 aromatic carbocycles. The second-order valence-electron chi connectivity index (χ2n) is 14.5. The lowest BCUT2D eigenvalue weighted by Gasteiger charge is -2.43. The van der Waals surface area contributed by atoms with Crippen LogP contribution in [0.1, 0.15) is 0 Å². The number of benzene rings is 8. The van der Waals surface area contributed by atoms with Crippen LogP contribution in [0.2, 0.25) is 0 Å². The van der Waals surface area contributed by atoms with Gasteiger partial charge < -0.3 is 19.1 Å². The molecule has 0 aliphatic carbocycles. The van der Waals surface area contributed by atoms with Gasteiger partial charge >= 0.3 is 0 Å². The Bertz CT molecular complexity index is 3070. The normalized spacial score (nSPS) is 12.9. The highest BCUT2D eigenvalue weighted by Gasteiger charge is 2.47. The first kappa shape index (κ1) is 31.3. The number of furan rings is 1. The van der Waals surface area contributed by atoms with Gasteiger partial charge in [0.15, 0.2) is 0 Å². The maximum absolute atomic E-state index is 7.11. The summed E-state index contributed by atoms with van der Waals surface area (Å²) in [6.45, 7) is -0.150. The van der Waals surface area contributed by atoms with Crippen molar-refractivity contribution in [2.24, 2.45) is 0 Å². The van der Waals surface area contributed by atoms with Crippen molar-refractivity contribution in [1.82, 2.24) is 0 Å². The van der Waals surface area contributed by atoms with E-state index in [1.54, 1.807) is 0 Å². The Morgan fingerprint density at radius 3 is 1.64 bits per heavy atom. The Kier molecular flexibility index (Phi) is 6.86. The Labute approximate surface area is 328 Å². The van der Waals surface area contributed by atoms with Gasteiger partial charge in [0.1, 0.15) is 5.58 Å². The summed E-state index contributed by atoms with van der Waals surface area (Å²) >= 11 is 1.88. The van der Waals surface area contributed by atoms with E-state index in [9.17, 15) is 0 Å². The lowest BCUT2D eigenvalue weighted by Crippen LogP contribution is -2.61. The third-order valence-corrected chi connectivity index (χ3v) is 12.6. The Balaban J connectivity index is 1.26. The molecule has 0 amide bonds. The minimum absolute atomic E-state index is 0.150. The average Bonchev–Trinajstić information content (AvgIpc) is 3.84. The molecule has 0 N–H and O–H groups in total. The van der Waals surface area contributed by atoms with Crippen molar-refractivity contribution < 1.29 is 4.42 Å². The zero-order chi connectivity index (χ0) is 36.7. The lowest BCUT2D eigenvalue weighted by atomic mass is 9.35. The largest absolute Gasteiger partial charge is 0.468 e. The quantitative estimate of drug-likeness (QED) is 0.164. The van der Waals surface area contributed by atoms with Crippen LogP contribution in [0.4, 0.5) is 51.2 Å². The molecule has 12 rings (SSSR count). The summed E-state index contributed by atoms with van der Waals surface area (Å²) in [6, 6.07) is 69.9.